The fourth-order valence-corrected chi connectivity index (χ4v) is 1.73. The maximum atomic E-state index is 12.5. The number of benzene rings is 1. The topological polar surface area (TPSA) is 55.1 Å². The first-order valence-corrected chi connectivity index (χ1v) is 5.71. The summed E-state index contributed by atoms with van der Waals surface area (Å²) in [5.74, 6) is -1.05. The zero-order chi connectivity index (χ0) is 14.9. The largest absolute Gasteiger partial charge is 0.478 e. The molecule has 0 fully saturated rings. The molecular weight excluding hydrogens is 273 g/mol. The fraction of sp³-hybridized carbons (Fsp3) is 0.231. The molecule has 0 saturated heterocycles. The summed E-state index contributed by atoms with van der Waals surface area (Å²) in [7, 11) is 0. The number of hydrogen-bond donors (Lipinski definition) is 1. The molecule has 1 aromatic carbocycles. The number of aromatic carboxylic acids is 1. The highest BCUT2D eigenvalue weighted by Gasteiger charge is 2.34. The summed E-state index contributed by atoms with van der Waals surface area (Å²) in [4.78, 5) is 10.7. The predicted octanol–water partition coefficient (Wildman–Crippen LogP) is 2.96. The lowest BCUT2D eigenvalue weighted by Gasteiger charge is -2.05. The van der Waals surface area contributed by atoms with Gasteiger partial charge in [0.25, 0.3) is 0 Å². The normalized spacial score (nSPS) is 11.6. The van der Waals surface area contributed by atoms with E-state index in [0.717, 1.165) is 6.07 Å². The van der Waals surface area contributed by atoms with Crippen LogP contribution in [0.25, 0.3) is 0 Å². The molecular formula is C13H11F3N2O2. The summed E-state index contributed by atoms with van der Waals surface area (Å²) in [5, 5.41) is 12.3. The van der Waals surface area contributed by atoms with E-state index in [2.05, 4.69) is 5.10 Å². The van der Waals surface area contributed by atoms with E-state index in [1.807, 2.05) is 0 Å². The maximum absolute atomic E-state index is 12.5. The zero-order valence-electron chi connectivity index (χ0n) is 10.5. The van der Waals surface area contributed by atoms with Crippen molar-refractivity contribution in [3.63, 3.8) is 0 Å². The molecule has 0 bridgehead atoms. The van der Waals surface area contributed by atoms with Gasteiger partial charge in [-0.25, -0.2) is 4.79 Å². The lowest BCUT2D eigenvalue weighted by Crippen LogP contribution is -2.09. The lowest BCUT2D eigenvalue weighted by atomic mass is 10.1. The summed E-state index contributed by atoms with van der Waals surface area (Å²) in [6, 6.07) is 6.89. The van der Waals surface area contributed by atoms with Crippen molar-refractivity contribution in [2.24, 2.45) is 0 Å². The van der Waals surface area contributed by atoms with Crippen molar-refractivity contribution in [2.75, 3.05) is 0 Å². The Morgan fingerprint density at radius 3 is 2.35 bits per heavy atom. The number of halogens is 3. The molecule has 0 spiro atoms. The SMILES string of the molecule is Cc1cc(C(F)(F)F)nn1Cc1ccc(C(=O)O)cc1. The van der Waals surface area contributed by atoms with Gasteiger partial charge >= 0.3 is 12.1 Å². The third kappa shape index (κ3) is 2.98. The number of nitrogens with zero attached hydrogens (tertiary/aromatic N) is 2. The van der Waals surface area contributed by atoms with Gasteiger partial charge < -0.3 is 5.11 Å². The Morgan fingerprint density at radius 2 is 1.90 bits per heavy atom. The Morgan fingerprint density at radius 1 is 1.30 bits per heavy atom. The van der Waals surface area contributed by atoms with Gasteiger partial charge in [0, 0.05) is 5.69 Å². The number of alkyl halides is 3. The van der Waals surface area contributed by atoms with Gasteiger partial charge in [-0.2, -0.15) is 18.3 Å². The molecule has 0 unspecified atom stereocenters. The van der Waals surface area contributed by atoms with Crippen LogP contribution < -0.4 is 0 Å². The Labute approximate surface area is 112 Å². The molecule has 106 valence electrons. The van der Waals surface area contributed by atoms with Crippen LogP contribution in [0.15, 0.2) is 30.3 Å². The highest BCUT2D eigenvalue weighted by atomic mass is 19.4. The second kappa shape index (κ2) is 4.99. The van der Waals surface area contributed by atoms with Crippen LogP contribution in [0.4, 0.5) is 13.2 Å². The molecule has 0 amide bonds. The molecule has 0 aliphatic carbocycles. The first-order chi connectivity index (χ1) is 9.27. The molecule has 2 aromatic rings. The van der Waals surface area contributed by atoms with Crippen LogP contribution >= 0.6 is 0 Å². The molecule has 7 heteroatoms. The molecule has 0 saturated carbocycles. The van der Waals surface area contributed by atoms with Crippen LogP contribution in [0.1, 0.15) is 27.3 Å². The summed E-state index contributed by atoms with van der Waals surface area (Å²) >= 11 is 0. The van der Waals surface area contributed by atoms with E-state index in [0.29, 0.717) is 11.3 Å². The molecule has 0 aliphatic rings. The number of hydrogen-bond acceptors (Lipinski definition) is 2. The molecule has 20 heavy (non-hydrogen) atoms. The van der Waals surface area contributed by atoms with Gasteiger partial charge in [0.15, 0.2) is 5.69 Å². The van der Waals surface area contributed by atoms with Gasteiger partial charge in [-0.3, -0.25) is 4.68 Å². The maximum Gasteiger partial charge on any atom is 0.435 e. The third-order valence-electron chi connectivity index (χ3n) is 2.80. The zero-order valence-corrected chi connectivity index (χ0v) is 10.5. The van der Waals surface area contributed by atoms with Gasteiger partial charge in [-0.05, 0) is 30.7 Å². The van der Waals surface area contributed by atoms with Crippen LogP contribution in [-0.2, 0) is 12.7 Å². The van der Waals surface area contributed by atoms with E-state index in [9.17, 15) is 18.0 Å². The van der Waals surface area contributed by atoms with E-state index in [1.54, 1.807) is 12.1 Å². The number of carboxylic acid groups (broad SMARTS) is 1. The molecule has 1 heterocycles. The van der Waals surface area contributed by atoms with Crippen LogP contribution in [0, 0.1) is 6.92 Å². The Hall–Kier alpha value is -2.31. The molecule has 0 atom stereocenters. The minimum atomic E-state index is -4.47. The van der Waals surface area contributed by atoms with E-state index >= 15 is 0 Å². The first-order valence-electron chi connectivity index (χ1n) is 5.71. The van der Waals surface area contributed by atoms with E-state index < -0.39 is 17.8 Å². The standard InChI is InChI=1S/C13H11F3N2O2/c1-8-6-11(13(14,15)16)17-18(8)7-9-2-4-10(5-3-9)12(19)20/h2-6H,7H2,1H3,(H,19,20). The van der Waals surface area contributed by atoms with Crippen molar-refractivity contribution in [3.8, 4) is 0 Å². The van der Waals surface area contributed by atoms with Crippen molar-refractivity contribution in [3.05, 3.63) is 52.8 Å². The average Bonchev–Trinajstić information content (AvgIpc) is 2.71. The highest BCUT2D eigenvalue weighted by Crippen LogP contribution is 2.28. The highest BCUT2D eigenvalue weighted by molar-refractivity contribution is 5.87. The summed E-state index contributed by atoms with van der Waals surface area (Å²) in [6.45, 7) is 1.69. The van der Waals surface area contributed by atoms with Gasteiger partial charge in [-0.1, -0.05) is 12.1 Å². The van der Waals surface area contributed by atoms with Crippen molar-refractivity contribution < 1.29 is 23.1 Å². The molecule has 0 radical (unpaired) electrons. The van der Waals surface area contributed by atoms with Crippen molar-refractivity contribution in [1.82, 2.24) is 9.78 Å². The third-order valence-corrected chi connectivity index (χ3v) is 2.80. The summed E-state index contributed by atoms with van der Waals surface area (Å²) in [5.41, 5.74) is 0.258. The number of rotatable bonds is 3. The molecule has 1 N–H and O–H groups in total. The minimum absolute atomic E-state index is 0.127. The monoisotopic (exact) mass is 284 g/mol. The fourth-order valence-electron chi connectivity index (χ4n) is 1.73. The van der Waals surface area contributed by atoms with Crippen LogP contribution in [0.2, 0.25) is 0 Å². The van der Waals surface area contributed by atoms with Crippen molar-refractivity contribution >= 4 is 5.97 Å². The number of aryl methyl sites for hydroxylation is 1. The average molecular weight is 284 g/mol. The summed E-state index contributed by atoms with van der Waals surface area (Å²) < 4.78 is 38.8. The number of carbonyl (C=O) groups is 1. The molecule has 4 nitrogen and oxygen atoms in total. The van der Waals surface area contributed by atoms with E-state index in [4.69, 9.17) is 5.11 Å². The predicted molar refractivity (Wildman–Crippen MR) is 64.5 cm³/mol. The molecule has 0 aliphatic heterocycles. The van der Waals surface area contributed by atoms with Gasteiger partial charge in [0.2, 0.25) is 0 Å². The van der Waals surface area contributed by atoms with Gasteiger partial charge in [0.05, 0.1) is 12.1 Å². The van der Waals surface area contributed by atoms with E-state index in [-0.39, 0.29) is 12.1 Å². The second-order valence-electron chi connectivity index (χ2n) is 4.33. The van der Waals surface area contributed by atoms with Crippen molar-refractivity contribution in [2.45, 2.75) is 19.6 Å². The van der Waals surface area contributed by atoms with E-state index in [1.165, 1.54) is 23.7 Å². The molecule has 2 rings (SSSR count). The van der Waals surface area contributed by atoms with Gasteiger partial charge in [-0.15, -0.1) is 0 Å². The van der Waals surface area contributed by atoms with Crippen LogP contribution in [-0.4, -0.2) is 20.9 Å². The Bertz CT molecular complexity index is 630. The van der Waals surface area contributed by atoms with Crippen molar-refractivity contribution in [1.29, 1.82) is 0 Å². The minimum Gasteiger partial charge on any atom is -0.478 e. The molecule has 1 aromatic heterocycles. The van der Waals surface area contributed by atoms with Crippen LogP contribution in [0.3, 0.4) is 0 Å². The van der Waals surface area contributed by atoms with Gasteiger partial charge in [0.1, 0.15) is 0 Å². The first kappa shape index (κ1) is 14.1. The number of carboxylic acids is 1. The lowest BCUT2D eigenvalue weighted by molar-refractivity contribution is -0.141. The smallest absolute Gasteiger partial charge is 0.435 e. The Balaban J connectivity index is 2.22. The quantitative estimate of drug-likeness (QED) is 0.942. The second-order valence-corrected chi connectivity index (χ2v) is 4.33. The van der Waals surface area contributed by atoms with Crippen LogP contribution in [0.5, 0.6) is 0 Å². The number of aromatic nitrogens is 2. The Kier molecular flexibility index (Phi) is 3.52. The summed E-state index contributed by atoms with van der Waals surface area (Å²) in [6.07, 6.45) is -4.47.